The van der Waals surface area contributed by atoms with Crippen LogP contribution in [0.2, 0.25) is 5.02 Å². The third-order valence-corrected chi connectivity index (χ3v) is 6.34. The number of sulfonamides is 1. The molecule has 2 atom stereocenters. The van der Waals surface area contributed by atoms with Crippen LogP contribution in [0.3, 0.4) is 0 Å². The number of halogens is 1. The van der Waals surface area contributed by atoms with Crippen molar-refractivity contribution in [2.75, 3.05) is 13.1 Å². The first kappa shape index (κ1) is 15.8. The summed E-state index contributed by atoms with van der Waals surface area (Å²) in [6.07, 6.45) is 0.878. The van der Waals surface area contributed by atoms with Gasteiger partial charge in [0.15, 0.2) is 0 Å². The van der Waals surface area contributed by atoms with Gasteiger partial charge in [0, 0.05) is 18.1 Å². The lowest BCUT2D eigenvalue weighted by Gasteiger charge is -2.34. The summed E-state index contributed by atoms with van der Waals surface area (Å²) in [4.78, 5) is 0.196. The highest BCUT2D eigenvalue weighted by Gasteiger charge is 2.31. The lowest BCUT2D eigenvalue weighted by atomic mass is 9.90. The van der Waals surface area contributed by atoms with E-state index in [2.05, 4.69) is 13.8 Å². The van der Waals surface area contributed by atoms with Crippen molar-refractivity contribution in [2.45, 2.75) is 31.8 Å². The molecule has 6 heteroatoms. The van der Waals surface area contributed by atoms with Gasteiger partial charge >= 0.3 is 0 Å². The number of hydrogen-bond donors (Lipinski definition) is 1. The van der Waals surface area contributed by atoms with Gasteiger partial charge in [-0.25, -0.2) is 8.42 Å². The van der Waals surface area contributed by atoms with Gasteiger partial charge in [-0.05, 0) is 36.0 Å². The Labute approximate surface area is 125 Å². The maximum absolute atomic E-state index is 12.6. The van der Waals surface area contributed by atoms with Crippen LogP contribution in [0.15, 0.2) is 23.1 Å². The number of aliphatic hydroxyl groups is 1. The summed E-state index contributed by atoms with van der Waals surface area (Å²) in [5.41, 5.74) is 0.534. The second-order valence-electron chi connectivity index (χ2n) is 5.52. The molecule has 0 bridgehead atoms. The van der Waals surface area contributed by atoms with E-state index in [4.69, 9.17) is 16.7 Å². The molecule has 1 aliphatic rings. The Morgan fingerprint density at radius 1 is 1.35 bits per heavy atom. The van der Waals surface area contributed by atoms with Crippen molar-refractivity contribution < 1.29 is 13.5 Å². The van der Waals surface area contributed by atoms with Gasteiger partial charge in [0.05, 0.1) is 11.5 Å². The number of aliphatic hydroxyl groups excluding tert-OH is 1. The van der Waals surface area contributed by atoms with E-state index in [1.807, 2.05) is 0 Å². The van der Waals surface area contributed by atoms with Crippen LogP contribution in [-0.4, -0.2) is 30.9 Å². The normalized spacial score (nSPS) is 24.8. The number of piperidine rings is 1. The van der Waals surface area contributed by atoms with Crippen molar-refractivity contribution in [1.82, 2.24) is 4.31 Å². The predicted octanol–water partition coefficient (Wildman–Crippen LogP) is 2.50. The molecule has 0 saturated carbocycles. The van der Waals surface area contributed by atoms with Gasteiger partial charge in [-0.1, -0.05) is 31.5 Å². The van der Waals surface area contributed by atoms with E-state index in [9.17, 15) is 8.42 Å². The minimum absolute atomic E-state index is 0.196. The summed E-state index contributed by atoms with van der Waals surface area (Å²) in [6, 6.07) is 4.49. The molecule has 0 spiro atoms. The van der Waals surface area contributed by atoms with Gasteiger partial charge in [-0.2, -0.15) is 4.31 Å². The van der Waals surface area contributed by atoms with Crippen LogP contribution < -0.4 is 0 Å². The molecule has 1 aromatic rings. The van der Waals surface area contributed by atoms with Gasteiger partial charge in [0.1, 0.15) is 0 Å². The SMILES string of the molecule is CC1CCN(S(=O)(=O)c2ccc(CO)c(Cl)c2)CC1C. The predicted molar refractivity (Wildman–Crippen MR) is 79.1 cm³/mol. The Balaban J connectivity index is 2.29. The number of rotatable bonds is 3. The Hall–Kier alpha value is -0.620. The molecule has 112 valence electrons. The van der Waals surface area contributed by atoms with Gasteiger partial charge in [-0.3, -0.25) is 0 Å². The number of benzene rings is 1. The standard InChI is InChI=1S/C14H20ClNO3S/c1-10-5-6-16(8-11(10)2)20(18,19)13-4-3-12(9-17)14(15)7-13/h3-4,7,10-11,17H,5-6,8-9H2,1-2H3. The topological polar surface area (TPSA) is 57.6 Å². The molecule has 0 amide bonds. The molecule has 1 aromatic carbocycles. The van der Waals surface area contributed by atoms with Crippen LogP contribution in [0, 0.1) is 11.8 Å². The zero-order valence-electron chi connectivity index (χ0n) is 11.7. The number of hydrogen-bond acceptors (Lipinski definition) is 3. The van der Waals surface area contributed by atoms with Crippen LogP contribution in [0.25, 0.3) is 0 Å². The molecule has 2 unspecified atom stereocenters. The summed E-state index contributed by atoms with van der Waals surface area (Å²) in [6.45, 7) is 5.13. The summed E-state index contributed by atoms with van der Waals surface area (Å²) in [5, 5.41) is 9.36. The van der Waals surface area contributed by atoms with Crippen LogP contribution in [-0.2, 0) is 16.6 Å². The summed E-state index contributed by atoms with van der Waals surface area (Å²) in [7, 11) is -3.50. The molecular formula is C14H20ClNO3S. The fourth-order valence-corrected chi connectivity index (χ4v) is 4.30. The zero-order chi connectivity index (χ0) is 14.9. The highest BCUT2D eigenvalue weighted by atomic mass is 35.5. The maximum atomic E-state index is 12.6. The molecule has 2 rings (SSSR count). The van der Waals surface area contributed by atoms with Crippen molar-refractivity contribution in [1.29, 1.82) is 0 Å². The maximum Gasteiger partial charge on any atom is 0.243 e. The van der Waals surface area contributed by atoms with E-state index >= 15 is 0 Å². The first-order valence-electron chi connectivity index (χ1n) is 6.75. The molecule has 0 aromatic heterocycles. The lowest BCUT2D eigenvalue weighted by Crippen LogP contribution is -2.42. The second-order valence-corrected chi connectivity index (χ2v) is 7.86. The third kappa shape index (κ3) is 3.01. The molecular weight excluding hydrogens is 298 g/mol. The van der Waals surface area contributed by atoms with Gasteiger partial charge in [0.2, 0.25) is 10.0 Å². The fourth-order valence-electron chi connectivity index (χ4n) is 2.41. The lowest BCUT2D eigenvalue weighted by molar-refractivity contribution is 0.212. The van der Waals surface area contributed by atoms with E-state index in [-0.39, 0.29) is 16.5 Å². The summed E-state index contributed by atoms with van der Waals surface area (Å²) in [5.74, 6) is 0.896. The Bertz CT molecular complexity index is 588. The van der Waals surface area contributed by atoms with E-state index < -0.39 is 10.0 Å². The van der Waals surface area contributed by atoms with Crippen LogP contribution in [0.5, 0.6) is 0 Å². The van der Waals surface area contributed by atoms with E-state index in [1.54, 1.807) is 6.07 Å². The molecule has 0 aliphatic carbocycles. The fraction of sp³-hybridized carbons (Fsp3) is 0.571. The molecule has 1 fully saturated rings. The quantitative estimate of drug-likeness (QED) is 0.932. The van der Waals surface area contributed by atoms with E-state index in [1.165, 1.54) is 16.4 Å². The third-order valence-electron chi connectivity index (χ3n) is 4.13. The first-order chi connectivity index (χ1) is 9.36. The van der Waals surface area contributed by atoms with E-state index in [0.717, 1.165) is 6.42 Å². The highest BCUT2D eigenvalue weighted by molar-refractivity contribution is 7.89. The van der Waals surface area contributed by atoms with E-state index in [0.29, 0.717) is 30.5 Å². The summed E-state index contributed by atoms with van der Waals surface area (Å²) < 4.78 is 26.7. The van der Waals surface area contributed by atoms with Crippen LogP contribution >= 0.6 is 11.6 Å². The van der Waals surface area contributed by atoms with Gasteiger partial charge < -0.3 is 5.11 Å². The average molecular weight is 318 g/mol. The van der Waals surface area contributed by atoms with Gasteiger partial charge in [0.25, 0.3) is 0 Å². The minimum atomic E-state index is -3.50. The Kier molecular flexibility index (Phi) is 4.74. The van der Waals surface area contributed by atoms with Gasteiger partial charge in [-0.15, -0.1) is 0 Å². The molecule has 0 radical (unpaired) electrons. The molecule has 4 nitrogen and oxygen atoms in total. The summed E-state index contributed by atoms with van der Waals surface area (Å²) >= 11 is 5.98. The smallest absolute Gasteiger partial charge is 0.243 e. The van der Waals surface area contributed by atoms with Crippen LogP contribution in [0.1, 0.15) is 25.8 Å². The molecule has 1 aliphatic heterocycles. The van der Waals surface area contributed by atoms with Crippen molar-refractivity contribution >= 4 is 21.6 Å². The Morgan fingerprint density at radius 3 is 2.60 bits per heavy atom. The minimum Gasteiger partial charge on any atom is -0.392 e. The first-order valence-corrected chi connectivity index (χ1v) is 8.57. The van der Waals surface area contributed by atoms with Crippen molar-refractivity contribution in [3.05, 3.63) is 28.8 Å². The monoisotopic (exact) mass is 317 g/mol. The largest absolute Gasteiger partial charge is 0.392 e. The van der Waals surface area contributed by atoms with Crippen molar-refractivity contribution in [3.8, 4) is 0 Å². The average Bonchev–Trinajstić information content (AvgIpc) is 2.41. The molecule has 20 heavy (non-hydrogen) atoms. The second kappa shape index (κ2) is 6.02. The van der Waals surface area contributed by atoms with Crippen molar-refractivity contribution in [2.24, 2.45) is 11.8 Å². The molecule has 1 N–H and O–H groups in total. The zero-order valence-corrected chi connectivity index (χ0v) is 13.3. The Morgan fingerprint density at radius 2 is 2.05 bits per heavy atom. The molecule has 1 saturated heterocycles. The van der Waals surface area contributed by atoms with Crippen molar-refractivity contribution in [3.63, 3.8) is 0 Å². The van der Waals surface area contributed by atoms with Crippen LogP contribution in [0.4, 0.5) is 0 Å². The number of nitrogens with zero attached hydrogens (tertiary/aromatic N) is 1. The highest BCUT2D eigenvalue weighted by Crippen LogP contribution is 2.29. The molecule has 1 heterocycles.